The predicted octanol–water partition coefficient (Wildman–Crippen LogP) is 0.469. The van der Waals surface area contributed by atoms with E-state index in [2.05, 4.69) is 5.32 Å². The molecule has 0 spiro atoms. The number of nitrogens with zero attached hydrogens (tertiary/aromatic N) is 1. The van der Waals surface area contributed by atoms with Crippen molar-refractivity contribution < 1.29 is 24.7 Å². The highest BCUT2D eigenvalue weighted by Gasteiger charge is 2.18. The Morgan fingerprint density at radius 1 is 1.45 bits per heavy atom. The first-order valence-corrected chi connectivity index (χ1v) is 5.77. The van der Waals surface area contributed by atoms with Crippen LogP contribution in [0.1, 0.15) is 22.3 Å². The fraction of sp³-hybridized carbons (Fsp3) is 0.333. The number of amides is 1. The van der Waals surface area contributed by atoms with Gasteiger partial charge in [-0.3, -0.25) is 14.9 Å². The Balaban J connectivity index is 2.71. The summed E-state index contributed by atoms with van der Waals surface area (Å²) in [6, 6.07) is 4.12. The largest absolute Gasteiger partial charge is 0.479 e. The van der Waals surface area contributed by atoms with E-state index in [9.17, 15) is 19.7 Å². The van der Waals surface area contributed by atoms with Gasteiger partial charge in [-0.15, -0.1) is 0 Å². The molecule has 0 saturated heterocycles. The van der Waals surface area contributed by atoms with Crippen LogP contribution >= 0.6 is 0 Å². The lowest BCUT2D eigenvalue weighted by atomic mass is 10.1. The fourth-order valence-electron chi connectivity index (χ4n) is 1.61. The zero-order chi connectivity index (χ0) is 15.3. The molecule has 0 aliphatic heterocycles. The minimum Gasteiger partial charge on any atom is -0.479 e. The molecule has 0 aliphatic rings. The molecule has 0 bridgehead atoms. The Hall–Kier alpha value is -2.48. The van der Waals surface area contributed by atoms with Crippen molar-refractivity contribution in [3.8, 4) is 0 Å². The van der Waals surface area contributed by atoms with Gasteiger partial charge in [0.05, 0.1) is 4.92 Å². The maximum atomic E-state index is 11.8. The predicted molar refractivity (Wildman–Crippen MR) is 68.4 cm³/mol. The minimum absolute atomic E-state index is 0.0472. The second kappa shape index (κ2) is 6.62. The average Bonchev–Trinajstić information content (AvgIpc) is 2.38. The molecule has 0 fully saturated rings. The molecule has 0 radical (unpaired) electrons. The van der Waals surface area contributed by atoms with Crippen molar-refractivity contribution in [1.82, 2.24) is 5.32 Å². The summed E-state index contributed by atoms with van der Waals surface area (Å²) in [6.45, 7) is 1.41. The first-order chi connectivity index (χ1) is 9.34. The van der Waals surface area contributed by atoms with Gasteiger partial charge in [0.1, 0.15) is 0 Å². The second-order valence-corrected chi connectivity index (χ2v) is 4.11. The van der Waals surface area contributed by atoms with Crippen molar-refractivity contribution in [1.29, 1.82) is 0 Å². The fourth-order valence-corrected chi connectivity index (χ4v) is 1.61. The van der Waals surface area contributed by atoms with Crippen LogP contribution in [0.5, 0.6) is 0 Å². The molecular weight excluding hydrogens is 268 g/mol. The molecule has 8 heteroatoms. The minimum atomic E-state index is -1.55. The molecule has 1 aromatic carbocycles. The van der Waals surface area contributed by atoms with Gasteiger partial charge >= 0.3 is 5.97 Å². The first-order valence-electron chi connectivity index (χ1n) is 5.77. The number of aliphatic hydroxyl groups is 1. The molecule has 108 valence electrons. The van der Waals surface area contributed by atoms with Crippen LogP contribution in [0.2, 0.25) is 0 Å². The van der Waals surface area contributed by atoms with Gasteiger partial charge in [-0.25, -0.2) is 4.79 Å². The van der Waals surface area contributed by atoms with Gasteiger partial charge in [-0.2, -0.15) is 0 Å². The van der Waals surface area contributed by atoms with E-state index < -0.39 is 22.9 Å². The van der Waals surface area contributed by atoms with Crippen molar-refractivity contribution in [2.24, 2.45) is 0 Å². The Bertz CT molecular complexity index is 543. The van der Waals surface area contributed by atoms with Gasteiger partial charge in [0.25, 0.3) is 11.6 Å². The zero-order valence-corrected chi connectivity index (χ0v) is 10.7. The smallest absolute Gasteiger partial charge is 0.332 e. The number of carbonyl (C=O) groups is 2. The van der Waals surface area contributed by atoms with Crippen LogP contribution in [-0.4, -0.2) is 39.7 Å². The molecule has 1 atom stereocenters. The maximum Gasteiger partial charge on any atom is 0.332 e. The van der Waals surface area contributed by atoms with Gasteiger partial charge < -0.3 is 15.5 Å². The highest BCUT2D eigenvalue weighted by Crippen LogP contribution is 2.20. The van der Waals surface area contributed by atoms with Crippen LogP contribution in [0.4, 0.5) is 5.69 Å². The lowest BCUT2D eigenvalue weighted by Crippen LogP contribution is -2.30. The number of rotatable bonds is 6. The van der Waals surface area contributed by atoms with Crippen molar-refractivity contribution in [3.05, 3.63) is 39.4 Å². The molecule has 0 heterocycles. The van der Waals surface area contributed by atoms with Gasteiger partial charge in [0, 0.05) is 30.2 Å². The van der Waals surface area contributed by atoms with Crippen molar-refractivity contribution >= 4 is 17.6 Å². The molecule has 1 rings (SSSR count). The molecule has 3 N–H and O–H groups in total. The van der Waals surface area contributed by atoms with Crippen LogP contribution < -0.4 is 5.32 Å². The van der Waals surface area contributed by atoms with Crippen molar-refractivity contribution in [3.63, 3.8) is 0 Å². The van der Waals surface area contributed by atoms with E-state index in [1.54, 1.807) is 0 Å². The number of hydrogen-bond donors (Lipinski definition) is 3. The normalized spacial score (nSPS) is 11.7. The Labute approximate surface area is 114 Å². The maximum absolute atomic E-state index is 11.8. The van der Waals surface area contributed by atoms with E-state index in [1.807, 2.05) is 0 Å². The lowest BCUT2D eigenvalue weighted by molar-refractivity contribution is -0.385. The summed E-state index contributed by atoms with van der Waals surface area (Å²) in [7, 11) is 0. The molecular formula is C12H14N2O6. The molecule has 20 heavy (non-hydrogen) atoms. The monoisotopic (exact) mass is 282 g/mol. The second-order valence-electron chi connectivity index (χ2n) is 4.11. The number of carboxylic acids is 1. The number of nitrogens with one attached hydrogen (secondary N) is 1. The molecule has 0 aromatic heterocycles. The number of carbonyl (C=O) groups excluding carboxylic acids is 1. The van der Waals surface area contributed by atoms with Crippen LogP contribution in [0.3, 0.4) is 0 Å². The highest BCUT2D eigenvalue weighted by molar-refractivity contribution is 5.96. The number of hydrogen-bond acceptors (Lipinski definition) is 5. The summed E-state index contributed by atoms with van der Waals surface area (Å²) >= 11 is 0. The SMILES string of the molecule is Cc1c(C(=O)NCCC(O)C(=O)O)cccc1[N+](=O)[O-]. The summed E-state index contributed by atoms with van der Waals surface area (Å²) in [5.74, 6) is -1.92. The summed E-state index contributed by atoms with van der Waals surface area (Å²) in [4.78, 5) is 32.4. The third-order valence-electron chi connectivity index (χ3n) is 2.73. The van der Waals surface area contributed by atoms with E-state index in [1.165, 1.54) is 25.1 Å². The molecule has 8 nitrogen and oxygen atoms in total. The molecule has 1 amide bonds. The third-order valence-corrected chi connectivity index (χ3v) is 2.73. The molecule has 0 aliphatic carbocycles. The number of nitro benzene ring substituents is 1. The standard InChI is InChI=1S/C12H14N2O6/c1-7-8(3-2-4-9(7)14(19)20)11(16)13-6-5-10(15)12(17)18/h2-4,10,15H,5-6H2,1H3,(H,13,16)(H,17,18). The zero-order valence-electron chi connectivity index (χ0n) is 10.7. The van der Waals surface area contributed by atoms with Crippen molar-refractivity contribution in [2.75, 3.05) is 6.54 Å². The summed E-state index contributed by atoms with van der Waals surface area (Å²) < 4.78 is 0. The Morgan fingerprint density at radius 2 is 2.10 bits per heavy atom. The van der Waals surface area contributed by atoms with Crippen LogP contribution in [0, 0.1) is 17.0 Å². The summed E-state index contributed by atoms with van der Waals surface area (Å²) in [5.41, 5.74) is 0.209. The lowest BCUT2D eigenvalue weighted by Gasteiger charge is -2.09. The van der Waals surface area contributed by atoms with E-state index in [0.717, 1.165) is 0 Å². The van der Waals surface area contributed by atoms with Crippen LogP contribution in [0.15, 0.2) is 18.2 Å². The summed E-state index contributed by atoms with van der Waals surface area (Å²) in [6.07, 6.45) is -1.70. The number of benzene rings is 1. The highest BCUT2D eigenvalue weighted by atomic mass is 16.6. The Morgan fingerprint density at radius 3 is 2.65 bits per heavy atom. The number of aliphatic carboxylic acids is 1. The van der Waals surface area contributed by atoms with Crippen molar-refractivity contribution in [2.45, 2.75) is 19.4 Å². The first kappa shape index (κ1) is 15.6. The topological polar surface area (TPSA) is 130 Å². The third kappa shape index (κ3) is 3.75. The van der Waals surface area contributed by atoms with Gasteiger partial charge in [0.2, 0.25) is 0 Å². The van der Waals surface area contributed by atoms with Crippen LogP contribution in [-0.2, 0) is 4.79 Å². The van der Waals surface area contributed by atoms with E-state index in [-0.39, 0.29) is 29.8 Å². The molecule has 1 unspecified atom stereocenters. The van der Waals surface area contributed by atoms with Crippen LogP contribution in [0.25, 0.3) is 0 Å². The quantitative estimate of drug-likeness (QED) is 0.513. The average molecular weight is 282 g/mol. The van der Waals surface area contributed by atoms with E-state index >= 15 is 0 Å². The van der Waals surface area contributed by atoms with Gasteiger partial charge in [-0.05, 0) is 13.0 Å². The number of nitro groups is 1. The molecule has 1 aromatic rings. The summed E-state index contributed by atoms with van der Waals surface area (Å²) in [5, 5.41) is 30.7. The van der Waals surface area contributed by atoms with Gasteiger partial charge in [0.15, 0.2) is 6.10 Å². The molecule has 0 saturated carbocycles. The number of carboxylic acid groups (broad SMARTS) is 1. The number of aliphatic hydroxyl groups excluding tert-OH is 1. The van der Waals surface area contributed by atoms with E-state index in [0.29, 0.717) is 0 Å². The van der Waals surface area contributed by atoms with Gasteiger partial charge in [-0.1, -0.05) is 6.07 Å². The van der Waals surface area contributed by atoms with E-state index in [4.69, 9.17) is 10.2 Å². The Kier molecular flexibility index (Phi) is 5.15.